The van der Waals surface area contributed by atoms with Crippen LogP contribution < -0.4 is 25.3 Å². The zero-order valence-electron chi connectivity index (χ0n) is 22.9. The largest absolute Gasteiger partial charge is 0.490 e. The van der Waals surface area contributed by atoms with Gasteiger partial charge in [-0.1, -0.05) is 6.07 Å². The number of carbonyl (C=O) groups excluding carboxylic acids is 1. The molecule has 0 spiro atoms. The molecule has 0 radical (unpaired) electrons. The summed E-state index contributed by atoms with van der Waals surface area (Å²) in [5, 5.41) is 10.3. The fourth-order valence-corrected chi connectivity index (χ4v) is 4.41. The third kappa shape index (κ3) is 5.08. The van der Waals surface area contributed by atoms with Crippen LogP contribution in [0.3, 0.4) is 0 Å². The van der Waals surface area contributed by atoms with Crippen LogP contribution in [-0.4, -0.2) is 39.7 Å². The highest BCUT2D eigenvalue weighted by atomic mass is 16.5. The van der Waals surface area contributed by atoms with Crippen LogP contribution in [0.4, 0.5) is 0 Å². The summed E-state index contributed by atoms with van der Waals surface area (Å²) in [6.07, 6.45) is 1.64. The van der Waals surface area contributed by atoms with Crippen molar-refractivity contribution in [2.75, 3.05) is 19.8 Å². The number of hydrogen-bond acceptors (Lipinski definition) is 7. The van der Waals surface area contributed by atoms with Crippen molar-refractivity contribution in [2.24, 2.45) is 4.99 Å². The molecule has 3 aromatic heterocycles. The van der Waals surface area contributed by atoms with Gasteiger partial charge in [0.05, 0.1) is 30.8 Å². The van der Waals surface area contributed by atoms with E-state index in [1.165, 1.54) is 10.5 Å². The molecule has 202 valence electrons. The predicted molar refractivity (Wildman–Crippen MR) is 147 cm³/mol. The SMILES string of the molecule is CCOc1cc(C(=O)N=c2c(C#N)cc3c(=O)n4cccc(C)c4nc3n2C(C)C)cc(OCC)c1OCC. The monoisotopic (exact) mass is 529 g/mol. The normalized spacial score (nSPS) is 11.7. The lowest BCUT2D eigenvalue weighted by molar-refractivity contribution is 0.0996. The Morgan fingerprint density at radius 1 is 1.05 bits per heavy atom. The Balaban J connectivity index is 2.03. The van der Waals surface area contributed by atoms with E-state index in [0.29, 0.717) is 48.4 Å². The molecular formula is C29H31N5O5. The smallest absolute Gasteiger partial charge is 0.279 e. The van der Waals surface area contributed by atoms with Crippen LogP contribution in [0.15, 0.2) is 46.3 Å². The maximum atomic E-state index is 13.6. The highest BCUT2D eigenvalue weighted by Gasteiger charge is 2.21. The van der Waals surface area contributed by atoms with Gasteiger partial charge in [-0.05, 0) is 71.4 Å². The van der Waals surface area contributed by atoms with Crippen molar-refractivity contribution in [1.82, 2.24) is 14.0 Å². The number of aromatic nitrogens is 3. The molecular weight excluding hydrogens is 498 g/mol. The van der Waals surface area contributed by atoms with Gasteiger partial charge in [-0.2, -0.15) is 10.3 Å². The zero-order chi connectivity index (χ0) is 28.3. The average Bonchev–Trinajstić information content (AvgIpc) is 2.90. The number of aryl methyl sites for hydroxylation is 1. The summed E-state index contributed by atoms with van der Waals surface area (Å²) in [4.78, 5) is 36.1. The number of nitriles is 1. The van der Waals surface area contributed by atoms with Crippen LogP contribution >= 0.6 is 0 Å². The van der Waals surface area contributed by atoms with E-state index in [1.807, 2.05) is 47.6 Å². The molecule has 0 saturated heterocycles. The van der Waals surface area contributed by atoms with Gasteiger partial charge in [0.1, 0.15) is 17.4 Å². The number of rotatable bonds is 8. The summed E-state index contributed by atoms with van der Waals surface area (Å²) in [6.45, 7) is 12.2. The van der Waals surface area contributed by atoms with Crippen molar-refractivity contribution >= 4 is 22.6 Å². The standard InChI is InChI=1S/C29H31N5O5/c1-7-37-22-14-19(15-23(38-8-2)24(22)39-9-3)28(35)32-26-20(16-30)13-21-27(34(26)17(4)5)31-25-18(6)11-10-12-33(25)29(21)36/h10-15,17H,7-9H2,1-6H3. The van der Waals surface area contributed by atoms with Crippen LogP contribution in [0.1, 0.15) is 62.1 Å². The van der Waals surface area contributed by atoms with Crippen molar-refractivity contribution in [3.8, 4) is 23.3 Å². The summed E-state index contributed by atoms with van der Waals surface area (Å²) in [5.74, 6) is 0.511. The van der Waals surface area contributed by atoms with E-state index in [0.717, 1.165) is 5.56 Å². The van der Waals surface area contributed by atoms with Crippen molar-refractivity contribution in [3.05, 3.63) is 69.1 Å². The van der Waals surface area contributed by atoms with Crippen molar-refractivity contribution in [2.45, 2.75) is 47.6 Å². The zero-order valence-corrected chi connectivity index (χ0v) is 22.9. The first-order chi connectivity index (χ1) is 18.7. The quantitative estimate of drug-likeness (QED) is 0.311. The van der Waals surface area contributed by atoms with Gasteiger partial charge in [-0.25, -0.2) is 4.98 Å². The molecule has 10 nitrogen and oxygen atoms in total. The first kappa shape index (κ1) is 27.4. The van der Waals surface area contributed by atoms with Gasteiger partial charge >= 0.3 is 0 Å². The maximum Gasteiger partial charge on any atom is 0.279 e. The van der Waals surface area contributed by atoms with Crippen LogP contribution in [0.25, 0.3) is 16.7 Å². The Morgan fingerprint density at radius 2 is 1.69 bits per heavy atom. The molecule has 1 amide bonds. The third-order valence-corrected chi connectivity index (χ3v) is 6.05. The highest BCUT2D eigenvalue weighted by Crippen LogP contribution is 2.39. The summed E-state index contributed by atoms with van der Waals surface area (Å²) < 4.78 is 20.3. The van der Waals surface area contributed by atoms with Crippen LogP contribution in [-0.2, 0) is 0 Å². The number of nitrogens with zero attached hydrogens (tertiary/aromatic N) is 5. The molecule has 10 heteroatoms. The molecule has 0 aliphatic carbocycles. The lowest BCUT2D eigenvalue weighted by Crippen LogP contribution is -2.30. The molecule has 39 heavy (non-hydrogen) atoms. The van der Waals surface area contributed by atoms with Gasteiger partial charge in [-0.3, -0.25) is 14.0 Å². The molecule has 0 saturated carbocycles. The molecule has 0 atom stereocenters. The van der Waals surface area contributed by atoms with Gasteiger partial charge < -0.3 is 18.8 Å². The van der Waals surface area contributed by atoms with Gasteiger partial charge in [0.15, 0.2) is 17.0 Å². The Morgan fingerprint density at radius 3 is 2.26 bits per heavy atom. The van der Waals surface area contributed by atoms with Crippen LogP contribution in [0.5, 0.6) is 17.2 Å². The van der Waals surface area contributed by atoms with E-state index in [-0.39, 0.29) is 33.6 Å². The first-order valence-electron chi connectivity index (χ1n) is 12.9. The second-order valence-corrected chi connectivity index (χ2v) is 9.01. The van der Waals surface area contributed by atoms with Crippen molar-refractivity contribution in [1.29, 1.82) is 5.26 Å². The van der Waals surface area contributed by atoms with E-state index < -0.39 is 5.91 Å². The Bertz CT molecular complexity index is 1720. The molecule has 4 aromatic rings. The second kappa shape index (κ2) is 11.4. The minimum Gasteiger partial charge on any atom is -0.490 e. The number of carbonyl (C=O) groups is 1. The molecule has 0 aliphatic rings. The summed E-state index contributed by atoms with van der Waals surface area (Å²) in [7, 11) is 0. The van der Waals surface area contributed by atoms with E-state index in [4.69, 9.17) is 19.2 Å². The first-order valence-corrected chi connectivity index (χ1v) is 12.9. The minimum atomic E-state index is -0.612. The fraction of sp³-hybridized carbons (Fsp3) is 0.345. The average molecular weight is 530 g/mol. The third-order valence-electron chi connectivity index (χ3n) is 6.05. The topological polar surface area (TPSA) is 120 Å². The van der Waals surface area contributed by atoms with Crippen LogP contribution in [0.2, 0.25) is 0 Å². The minimum absolute atomic E-state index is 0.0806. The Hall–Kier alpha value is -4.65. The highest BCUT2D eigenvalue weighted by molar-refractivity contribution is 5.96. The molecule has 0 unspecified atom stereocenters. The van der Waals surface area contributed by atoms with Gasteiger partial charge in [0.2, 0.25) is 5.75 Å². The lowest BCUT2D eigenvalue weighted by atomic mass is 10.1. The van der Waals surface area contributed by atoms with Crippen LogP contribution in [0, 0.1) is 18.3 Å². The molecule has 1 aromatic carbocycles. The fourth-order valence-electron chi connectivity index (χ4n) is 4.41. The molecule has 0 aliphatic heterocycles. The lowest BCUT2D eigenvalue weighted by Gasteiger charge is -2.17. The molecule has 0 N–H and O–H groups in total. The Labute approximate surface area is 225 Å². The summed E-state index contributed by atoms with van der Waals surface area (Å²) >= 11 is 0. The van der Waals surface area contributed by atoms with Gasteiger partial charge in [0, 0.05) is 17.8 Å². The Kier molecular flexibility index (Phi) is 8.00. The van der Waals surface area contributed by atoms with E-state index in [9.17, 15) is 14.9 Å². The summed E-state index contributed by atoms with van der Waals surface area (Å²) in [5.41, 5.74) is 1.72. The predicted octanol–water partition coefficient (Wildman–Crippen LogP) is 4.35. The number of amides is 1. The number of pyridine rings is 2. The van der Waals surface area contributed by atoms with Gasteiger partial charge in [0.25, 0.3) is 11.5 Å². The molecule has 0 fully saturated rings. The second-order valence-electron chi connectivity index (χ2n) is 9.01. The number of hydrogen-bond donors (Lipinski definition) is 0. The van der Waals surface area contributed by atoms with E-state index >= 15 is 0 Å². The summed E-state index contributed by atoms with van der Waals surface area (Å²) in [6, 6.07) is 10.0. The number of benzene rings is 1. The maximum absolute atomic E-state index is 13.6. The number of ether oxygens (including phenoxy) is 3. The van der Waals surface area contributed by atoms with E-state index in [1.54, 1.807) is 29.0 Å². The van der Waals surface area contributed by atoms with Crippen molar-refractivity contribution < 1.29 is 19.0 Å². The van der Waals surface area contributed by atoms with Gasteiger partial charge in [-0.15, -0.1) is 0 Å². The van der Waals surface area contributed by atoms with Crippen molar-refractivity contribution in [3.63, 3.8) is 0 Å². The molecule has 0 bridgehead atoms. The van der Waals surface area contributed by atoms with E-state index in [2.05, 4.69) is 11.1 Å². The molecule has 3 heterocycles. The number of fused-ring (bicyclic) bond motifs is 2. The molecule has 4 rings (SSSR count).